The second-order valence-electron chi connectivity index (χ2n) is 2.13. The standard InChI is InChI=1S/C6H10BrN3/c1-8-3-6-5(7)4-10(2)9-6/h4,8H,3H2,1-2H3. The molecule has 1 aromatic heterocycles. The highest BCUT2D eigenvalue weighted by atomic mass is 79.9. The molecule has 0 radical (unpaired) electrons. The number of hydrogen-bond acceptors (Lipinski definition) is 2. The largest absolute Gasteiger partial charge is 0.314 e. The summed E-state index contributed by atoms with van der Waals surface area (Å²) < 4.78 is 2.85. The van der Waals surface area contributed by atoms with Crippen LogP contribution in [0.2, 0.25) is 0 Å². The second kappa shape index (κ2) is 3.16. The van der Waals surface area contributed by atoms with Crippen molar-refractivity contribution in [2.75, 3.05) is 7.05 Å². The van der Waals surface area contributed by atoms with Crippen molar-refractivity contribution in [3.05, 3.63) is 16.4 Å². The minimum Gasteiger partial charge on any atom is -0.314 e. The molecule has 10 heavy (non-hydrogen) atoms. The number of nitrogens with one attached hydrogen (secondary N) is 1. The second-order valence-corrected chi connectivity index (χ2v) is 2.98. The molecule has 0 aliphatic rings. The van der Waals surface area contributed by atoms with Crippen LogP contribution in [0.4, 0.5) is 0 Å². The van der Waals surface area contributed by atoms with Crippen molar-refractivity contribution in [3.8, 4) is 0 Å². The third-order valence-corrected chi connectivity index (χ3v) is 1.86. The minimum absolute atomic E-state index is 0.807. The topological polar surface area (TPSA) is 29.9 Å². The van der Waals surface area contributed by atoms with Crippen LogP contribution < -0.4 is 5.32 Å². The Labute approximate surface area is 68.6 Å². The number of hydrogen-bond donors (Lipinski definition) is 1. The van der Waals surface area contributed by atoms with E-state index < -0.39 is 0 Å². The highest BCUT2D eigenvalue weighted by Gasteiger charge is 2.01. The maximum atomic E-state index is 4.21. The molecule has 0 fully saturated rings. The Hall–Kier alpha value is -0.350. The average Bonchev–Trinajstić information content (AvgIpc) is 2.13. The Balaban J connectivity index is 2.81. The van der Waals surface area contributed by atoms with Gasteiger partial charge in [-0.2, -0.15) is 5.10 Å². The van der Waals surface area contributed by atoms with E-state index in [4.69, 9.17) is 0 Å². The molecule has 0 spiro atoms. The van der Waals surface area contributed by atoms with Crippen LogP contribution in [-0.2, 0) is 13.6 Å². The first kappa shape index (κ1) is 7.75. The molecule has 1 aromatic rings. The van der Waals surface area contributed by atoms with E-state index in [0.29, 0.717) is 0 Å². The van der Waals surface area contributed by atoms with Gasteiger partial charge in [-0.3, -0.25) is 4.68 Å². The fourth-order valence-corrected chi connectivity index (χ4v) is 1.31. The molecule has 0 aliphatic carbocycles. The molecule has 3 nitrogen and oxygen atoms in total. The van der Waals surface area contributed by atoms with Crippen molar-refractivity contribution in [1.82, 2.24) is 15.1 Å². The van der Waals surface area contributed by atoms with Gasteiger partial charge in [0.05, 0.1) is 10.2 Å². The van der Waals surface area contributed by atoms with Gasteiger partial charge in [0.2, 0.25) is 0 Å². The predicted octanol–water partition coefficient (Wildman–Crippen LogP) is 0.902. The summed E-state index contributed by atoms with van der Waals surface area (Å²) in [5.41, 5.74) is 1.05. The Kier molecular flexibility index (Phi) is 2.45. The van der Waals surface area contributed by atoms with Gasteiger partial charge in [-0.25, -0.2) is 0 Å². The van der Waals surface area contributed by atoms with E-state index in [1.54, 1.807) is 4.68 Å². The minimum atomic E-state index is 0.807. The van der Waals surface area contributed by atoms with Gasteiger partial charge in [0.15, 0.2) is 0 Å². The van der Waals surface area contributed by atoms with Gasteiger partial charge in [0.25, 0.3) is 0 Å². The van der Waals surface area contributed by atoms with Gasteiger partial charge < -0.3 is 5.32 Å². The van der Waals surface area contributed by atoms with E-state index in [2.05, 4.69) is 26.3 Å². The fraction of sp³-hybridized carbons (Fsp3) is 0.500. The SMILES string of the molecule is CNCc1nn(C)cc1Br. The first-order valence-corrected chi connectivity index (χ1v) is 3.86. The number of aryl methyl sites for hydroxylation is 1. The number of halogens is 1. The first-order valence-electron chi connectivity index (χ1n) is 3.06. The molecule has 0 bridgehead atoms. The van der Waals surface area contributed by atoms with Gasteiger partial charge in [0.1, 0.15) is 0 Å². The highest BCUT2D eigenvalue weighted by molar-refractivity contribution is 9.10. The lowest BCUT2D eigenvalue weighted by Gasteiger charge is -1.92. The van der Waals surface area contributed by atoms with Crippen molar-refractivity contribution in [2.45, 2.75) is 6.54 Å². The molecule has 0 atom stereocenters. The zero-order chi connectivity index (χ0) is 7.56. The summed E-state index contributed by atoms with van der Waals surface area (Å²) in [5.74, 6) is 0. The molecule has 4 heteroatoms. The normalized spacial score (nSPS) is 10.3. The molecule has 0 aromatic carbocycles. The summed E-state index contributed by atoms with van der Waals surface area (Å²) in [6.45, 7) is 0.807. The highest BCUT2D eigenvalue weighted by Crippen LogP contribution is 2.13. The average molecular weight is 204 g/mol. The molecule has 0 aliphatic heterocycles. The van der Waals surface area contributed by atoms with Gasteiger partial charge in [0, 0.05) is 19.8 Å². The molecule has 0 unspecified atom stereocenters. The van der Waals surface area contributed by atoms with Gasteiger partial charge in [-0.15, -0.1) is 0 Å². The molecular formula is C6H10BrN3. The molecule has 0 saturated heterocycles. The Morgan fingerprint density at radius 1 is 1.80 bits per heavy atom. The monoisotopic (exact) mass is 203 g/mol. The first-order chi connectivity index (χ1) is 4.74. The van der Waals surface area contributed by atoms with Crippen LogP contribution in [0.1, 0.15) is 5.69 Å². The summed E-state index contributed by atoms with van der Waals surface area (Å²) in [6, 6.07) is 0. The van der Waals surface area contributed by atoms with Crippen molar-refractivity contribution in [1.29, 1.82) is 0 Å². The Morgan fingerprint density at radius 3 is 2.90 bits per heavy atom. The smallest absolute Gasteiger partial charge is 0.0904 e. The quantitative estimate of drug-likeness (QED) is 0.775. The predicted molar refractivity (Wildman–Crippen MR) is 43.7 cm³/mol. The van der Waals surface area contributed by atoms with Crippen molar-refractivity contribution in [3.63, 3.8) is 0 Å². The maximum absolute atomic E-state index is 4.21. The van der Waals surface area contributed by atoms with E-state index in [1.807, 2.05) is 20.3 Å². The molecule has 1 heterocycles. The van der Waals surface area contributed by atoms with E-state index in [0.717, 1.165) is 16.7 Å². The van der Waals surface area contributed by atoms with Gasteiger partial charge in [-0.1, -0.05) is 0 Å². The van der Waals surface area contributed by atoms with Crippen molar-refractivity contribution in [2.24, 2.45) is 7.05 Å². The number of aromatic nitrogens is 2. The Morgan fingerprint density at radius 2 is 2.50 bits per heavy atom. The van der Waals surface area contributed by atoms with E-state index >= 15 is 0 Å². The summed E-state index contributed by atoms with van der Waals surface area (Å²) in [5, 5.41) is 7.24. The molecule has 1 N–H and O–H groups in total. The third-order valence-electron chi connectivity index (χ3n) is 1.20. The summed E-state index contributed by atoms with van der Waals surface area (Å²) in [7, 11) is 3.81. The molecule has 0 amide bonds. The lowest BCUT2D eigenvalue weighted by Crippen LogP contribution is -2.06. The van der Waals surface area contributed by atoms with Crippen LogP contribution in [0.5, 0.6) is 0 Å². The molecule has 0 saturated carbocycles. The zero-order valence-corrected chi connectivity index (χ0v) is 7.64. The number of nitrogens with zero attached hydrogens (tertiary/aromatic N) is 2. The van der Waals surface area contributed by atoms with Crippen LogP contribution in [-0.4, -0.2) is 16.8 Å². The van der Waals surface area contributed by atoms with Gasteiger partial charge >= 0.3 is 0 Å². The van der Waals surface area contributed by atoms with E-state index in [-0.39, 0.29) is 0 Å². The van der Waals surface area contributed by atoms with E-state index in [1.165, 1.54) is 0 Å². The summed E-state index contributed by atoms with van der Waals surface area (Å²) >= 11 is 3.39. The zero-order valence-electron chi connectivity index (χ0n) is 6.06. The Bertz CT molecular complexity index is 219. The maximum Gasteiger partial charge on any atom is 0.0904 e. The summed E-state index contributed by atoms with van der Waals surface area (Å²) in [6.07, 6.45) is 1.94. The van der Waals surface area contributed by atoms with Crippen LogP contribution in [0.3, 0.4) is 0 Å². The lowest BCUT2D eigenvalue weighted by molar-refractivity contribution is 0.711. The lowest BCUT2D eigenvalue weighted by atomic mass is 10.4. The summed E-state index contributed by atoms with van der Waals surface area (Å²) in [4.78, 5) is 0. The molecular weight excluding hydrogens is 194 g/mol. The number of rotatable bonds is 2. The molecule has 56 valence electrons. The van der Waals surface area contributed by atoms with Crippen molar-refractivity contribution < 1.29 is 0 Å². The van der Waals surface area contributed by atoms with Crippen molar-refractivity contribution >= 4 is 15.9 Å². The van der Waals surface area contributed by atoms with E-state index in [9.17, 15) is 0 Å². The van der Waals surface area contributed by atoms with Crippen LogP contribution in [0.15, 0.2) is 10.7 Å². The van der Waals surface area contributed by atoms with Gasteiger partial charge in [-0.05, 0) is 23.0 Å². The van der Waals surface area contributed by atoms with Crippen LogP contribution in [0, 0.1) is 0 Å². The third kappa shape index (κ3) is 1.58. The fourth-order valence-electron chi connectivity index (χ4n) is 0.793. The van der Waals surface area contributed by atoms with Crippen LogP contribution >= 0.6 is 15.9 Å². The van der Waals surface area contributed by atoms with Crippen LogP contribution in [0.25, 0.3) is 0 Å². The molecule has 1 rings (SSSR count).